The highest BCUT2D eigenvalue weighted by molar-refractivity contribution is 9.10. The lowest BCUT2D eigenvalue weighted by Crippen LogP contribution is -2.12. The summed E-state index contributed by atoms with van der Waals surface area (Å²) < 4.78 is 6.95. The number of aliphatic hydroxyl groups is 1. The van der Waals surface area contributed by atoms with E-state index in [1.165, 1.54) is 0 Å². The molecule has 0 spiro atoms. The number of benzene rings is 2. The van der Waals surface area contributed by atoms with Crippen LogP contribution >= 0.6 is 15.9 Å². The fraction of sp³-hybridized carbons (Fsp3) is 0.250. The number of nitrogens with one attached hydrogen (secondary N) is 1. The Bertz CT molecular complexity index is 572. The van der Waals surface area contributed by atoms with Crippen molar-refractivity contribution in [1.82, 2.24) is 5.32 Å². The number of para-hydroxylation sites is 1. The molecule has 0 atom stereocenters. The third kappa shape index (κ3) is 3.82. The first-order valence-corrected chi connectivity index (χ1v) is 7.39. The van der Waals surface area contributed by atoms with Crippen LogP contribution in [-0.4, -0.2) is 11.7 Å². The lowest BCUT2D eigenvalue weighted by atomic mass is 10.2. The zero-order valence-corrected chi connectivity index (χ0v) is 13.0. The summed E-state index contributed by atoms with van der Waals surface area (Å²) in [6.07, 6.45) is 0. The van der Waals surface area contributed by atoms with Crippen molar-refractivity contribution >= 4 is 15.9 Å². The summed E-state index contributed by atoms with van der Waals surface area (Å²) in [4.78, 5) is 0. The number of aliphatic hydroxyl groups excluding tert-OH is 1. The van der Waals surface area contributed by atoms with Crippen LogP contribution in [0.3, 0.4) is 0 Å². The molecule has 0 radical (unpaired) electrons. The van der Waals surface area contributed by atoms with E-state index < -0.39 is 0 Å². The molecule has 0 saturated heterocycles. The van der Waals surface area contributed by atoms with E-state index in [9.17, 15) is 5.11 Å². The van der Waals surface area contributed by atoms with Crippen LogP contribution in [0.2, 0.25) is 0 Å². The van der Waals surface area contributed by atoms with Gasteiger partial charge < -0.3 is 15.2 Å². The van der Waals surface area contributed by atoms with E-state index in [0.29, 0.717) is 5.75 Å². The quantitative estimate of drug-likeness (QED) is 0.842. The van der Waals surface area contributed by atoms with Gasteiger partial charge >= 0.3 is 0 Å². The second-order valence-corrected chi connectivity index (χ2v) is 5.32. The van der Waals surface area contributed by atoms with Gasteiger partial charge in [-0.1, -0.05) is 47.1 Å². The Labute approximate surface area is 127 Å². The molecule has 0 aliphatic heterocycles. The highest BCUT2D eigenvalue weighted by Gasteiger charge is 2.08. The average molecular weight is 336 g/mol. The van der Waals surface area contributed by atoms with Gasteiger partial charge in [-0.25, -0.2) is 0 Å². The number of rotatable bonds is 6. The molecule has 0 amide bonds. The number of hydrogen-bond acceptors (Lipinski definition) is 3. The van der Waals surface area contributed by atoms with Gasteiger partial charge in [-0.05, 0) is 24.7 Å². The molecule has 20 heavy (non-hydrogen) atoms. The molecule has 0 bridgehead atoms. The van der Waals surface area contributed by atoms with Crippen molar-refractivity contribution in [3.63, 3.8) is 0 Å². The summed E-state index contributed by atoms with van der Waals surface area (Å²) in [5, 5.41) is 12.7. The Morgan fingerprint density at radius 3 is 2.65 bits per heavy atom. The third-order valence-corrected chi connectivity index (χ3v) is 3.45. The van der Waals surface area contributed by atoms with Crippen molar-refractivity contribution in [3.8, 4) is 11.5 Å². The molecular weight excluding hydrogens is 318 g/mol. The van der Waals surface area contributed by atoms with Crippen LogP contribution in [0.15, 0.2) is 46.9 Å². The van der Waals surface area contributed by atoms with Gasteiger partial charge in [0.25, 0.3) is 0 Å². The Kier molecular flexibility index (Phi) is 5.59. The molecule has 0 aliphatic carbocycles. The fourth-order valence-corrected chi connectivity index (χ4v) is 2.22. The maximum atomic E-state index is 9.36. The average Bonchev–Trinajstić information content (AvgIpc) is 2.47. The molecule has 0 aliphatic rings. The van der Waals surface area contributed by atoms with Gasteiger partial charge in [-0.2, -0.15) is 0 Å². The molecule has 2 aromatic carbocycles. The van der Waals surface area contributed by atoms with Crippen LogP contribution in [-0.2, 0) is 13.2 Å². The predicted molar refractivity (Wildman–Crippen MR) is 84.0 cm³/mol. The lowest BCUT2D eigenvalue weighted by Gasteiger charge is -2.14. The molecule has 0 aromatic heterocycles. The lowest BCUT2D eigenvalue weighted by molar-refractivity contribution is 0.276. The summed E-state index contributed by atoms with van der Waals surface area (Å²) in [6.45, 7) is 3.69. The maximum Gasteiger partial charge on any atom is 0.133 e. The van der Waals surface area contributed by atoms with Crippen LogP contribution in [0.4, 0.5) is 0 Å². The van der Waals surface area contributed by atoms with Gasteiger partial charge in [-0.3, -0.25) is 0 Å². The first-order chi connectivity index (χ1) is 9.74. The van der Waals surface area contributed by atoms with Crippen molar-refractivity contribution in [2.45, 2.75) is 20.1 Å². The van der Waals surface area contributed by atoms with E-state index in [1.54, 1.807) is 0 Å². The van der Waals surface area contributed by atoms with Crippen LogP contribution in [0.1, 0.15) is 18.1 Å². The smallest absolute Gasteiger partial charge is 0.133 e. The van der Waals surface area contributed by atoms with Gasteiger partial charge in [0, 0.05) is 22.1 Å². The Hall–Kier alpha value is -1.36. The van der Waals surface area contributed by atoms with Gasteiger partial charge in [0.15, 0.2) is 0 Å². The van der Waals surface area contributed by atoms with Crippen LogP contribution in [0.5, 0.6) is 11.5 Å². The Morgan fingerprint density at radius 2 is 1.90 bits per heavy atom. The standard InChI is InChI=1S/C16H18BrNO2/c1-2-18-10-12-7-8-14(17)9-16(12)20-15-6-4-3-5-13(15)11-19/h3-9,18-19H,2,10-11H2,1H3. The van der Waals surface area contributed by atoms with Crippen molar-refractivity contribution in [2.75, 3.05) is 6.54 Å². The van der Waals surface area contributed by atoms with Gasteiger partial charge in [-0.15, -0.1) is 0 Å². The molecule has 4 heteroatoms. The zero-order valence-electron chi connectivity index (χ0n) is 11.4. The number of ether oxygens (including phenoxy) is 1. The molecule has 0 fully saturated rings. The largest absolute Gasteiger partial charge is 0.457 e. The molecule has 2 aromatic rings. The zero-order chi connectivity index (χ0) is 14.4. The second-order valence-electron chi connectivity index (χ2n) is 4.40. The van der Waals surface area contributed by atoms with Crippen LogP contribution in [0.25, 0.3) is 0 Å². The molecule has 3 nitrogen and oxygen atoms in total. The molecule has 0 saturated carbocycles. The summed E-state index contributed by atoms with van der Waals surface area (Å²) in [5.41, 5.74) is 1.87. The first-order valence-electron chi connectivity index (χ1n) is 6.60. The molecule has 0 unspecified atom stereocenters. The van der Waals surface area contributed by atoms with E-state index >= 15 is 0 Å². The molecule has 2 N–H and O–H groups in total. The van der Waals surface area contributed by atoms with Crippen LogP contribution < -0.4 is 10.1 Å². The first kappa shape index (κ1) is 15.0. The topological polar surface area (TPSA) is 41.5 Å². The monoisotopic (exact) mass is 335 g/mol. The Balaban J connectivity index is 2.29. The van der Waals surface area contributed by atoms with Gasteiger partial charge in [0.05, 0.1) is 6.61 Å². The molecule has 0 heterocycles. The van der Waals surface area contributed by atoms with Crippen molar-refractivity contribution < 1.29 is 9.84 Å². The molecule has 106 valence electrons. The fourth-order valence-electron chi connectivity index (χ4n) is 1.88. The van der Waals surface area contributed by atoms with E-state index in [4.69, 9.17) is 4.74 Å². The van der Waals surface area contributed by atoms with E-state index in [2.05, 4.69) is 28.2 Å². The summed E-state index contributed by atoms with van der Waals surface area (Å²) in [6, 6.07) is 13.5. The van der Waals surface area contributed by atoms with E-state index in [0.717, 1.165) is 34.4 Å². The summed E-state index contributed by atoms with van der Waals surface area (Å²) in [7, 11) is 0. The van der Waals surface area contributed by atoms with Gasteiger partial charge in [0.2, 0.25) is 0 Å². The SMILES string of the molecule is CCNCc1ccc(Br)cc1Oc1ccccc1CO. The van der Waals surface area contributed by atoms with Crippen LogP contribution in [0, 0.1) is 0 Å². The van der Waals surface area contributed by atoms with Crippen molar-refractivity contribution in [3.05, 3.63) is 58.1 Å². The molecule has 2 rings (SSSR count). The normalized spacial score (nSPS) is 10.6. The van der Waals surface area contributed by atoms with Crippen molar-refractivity contribution in [2.24, 2.45) is 0 Å². The predicted octanol–water partition coefficient (Wildman–Crippen LogP) is 3.84. The van der Waals surface area contributed by atoms with Gasteiger partial charge in [0.1, 0.15) is 11.5 Å². The summed E-state index contributed by atoms with van der Waals surface area (Å²) in [5.74, 6) is 1.48. The van der Waals surface area contributed by atoms with E-state index in [-0.39, 0.29) is 6.61 Å². The number of hydrogen-bond donors (Lipinski definition) is 2. The minimum atomic E-state index is -0.0350. The van der Waals surface area contributed by atoms with Crippen molar-refractivity contribution in [1.29, 1.82) is 0 Å². The minimum absolute atomic E-state index is 0.0350. The summed E-state index contributed by atoms with van der Waals surface area (Å²) >= 11 is 3.46. The third-order valence-electron chi connectivity index (χ3n) is 2.96. The number of halogens is 1. The highest BCUT2D eigenvalue weighted by atomic mass is 79.9. The van der Waals surface area contributed by atoms with E-state index in [1.807, 2.05) is 42.5 Å². The minimum Gasteiger partial charge on any atom is -0.457 e. The second kappa shape index (κ2) is 7.43. The molecular formula is C16H18BrNO2. The maximum absolute atomic E-state index is 9.36. The Morgan fingerprint density at radius 1 is 1.10 bits per heavy atom. The highest BCUT2D eigenvalue weighted by Crippen LogP contribution is 2.30.